The molecular weight excluding hydrogens is 321 g/mol. The van der Waals surface area contributed by atoms with E-state index in [1.807, 2.05) is 31.2 Å². The van der Waals surface area contributed by atoms with Crippen LogP contribution in [0.5, 0.6) is 0 Å². The van der Waals surface area contributed by atoms with Crippen LogP contribution in [0, 0.1) is 12.7 Å². The third-order valence-electron chi connectivity index (χ3n) is 4.31. The molecule has 1 aliphatic heterocycles. The average molecular weight is 337 g/mol. The third kappa shape index (κ3) is 3.03. The van der Waals surface area contributed by atoms with Crippen molar-refractivity contribution >= 4 is 11.6 Å². The Labute approximate surface area is 144 Å². The Morgan fingerprint density at radius 3 is 2.84 bits per heavy atom. The molecule has 0 bridgehead atoms. The molecule has 6 heteroatoms. The molecule has 1 aromatic heterocycles. The molecule has 0 spiro atoms. The molecule has 1 atom stereocenters. The summed E-state index contributed by atoms with van der Waals surface area (Å²) in [7, 11) is 0. The van der Waals surface area contributed by atoms with Crippen LogP contribution in [0.2, 0.25) is 0 Å². The lowest BCUT2D eigenvalue weighted by molar-refractivity contribution is -0.117. The minimum atomic E-state index is -0.367. The van der Waals surface area contributed by atoms with E-state index in [0.29, 0.717) is 23.9 Å². The normalized spacial score (nSPS) is 17.3. The number of aromatic nitrogens is 2. The first-order valence-corrected chi connectivity index (χ1v) is 8.07. The molecule has 25 heavy (non-hydrogen) atoms. The van der Waals surface area contributed by atoms with Gasteiger partial charge in [-0.15, -0.1) is 0 Å². The predicted molar refractivity (Wildman–Crippen MR) is 90.6 cm³/mol. The van der Waals surface area contributed by atoms with Crippen molar-refractivity contribution < 1.29 is 13.7 Å². The molecule has 0 aliphatic carbocycles. The number of carbonyl (C=O) groups excluding carboxylic acids is 1. The first-order chi connectivity index (χ1) is 12.1. The highest BCUT2D eigenvalue weighted by molar-refractivity contribution is 5.96. The molecule has 1 unspecified atom stereocenters. The number of nitrogens with zero attached hydrogens (tertiary/aromatic N) is 3. The molecule has 1 amide bonds. The number of anilines is 1. The van der Waals surface area contributed by atoms with Crippen LogP contribution in [0.4, 0.5) is 10.1 Å². The van der Waals surface area contributed by atoms with Crippen molar-refractivity contribution in [3.63, 3.8) is 0 Å². The smallest absolute Gasteiger partial charge is 0.232 e. The van der Waals surface area contributed by atoms with Gasteiger partial charge in [-0.25, -0.2) is 4.39 Å². The van der Waals surface area contributed by atoms with Gasteiger partial charge in [-0.1, -0.05) is 35.0 Å². The Morgan fingerprint density at radius 2 is 2.04 bits per heavy atom. The fourth-order valence-corrected chi connectivity index (χ4v) is 3.07. The maximum atomic E-state index is 13.4. The number of carbonyl (C=O) groups is 1. The van der Waals surface area contributed by atoms with Crippen LogP contribution < -0.4 is 4.90 Å². The molecule has 1 fully saturated rings. The first-order valence-electron chi connectivity index (χ1n) is 8.07. The largest absolute Gasteiger partial charge is 0.339 e. The van der Waals surface area contributed by atoms with E-state index in [1.165, 1.54) is 12.1 Å². The fraction of sp³-hybridized carbons (Fsp3) is 0.211. The first kappa shape index (κ1) is 15.5. The summed E-state index contributed by atoms with van der Waals surface area (Å²) >= 11 is 0. The number of halogens is 1. The summed E-state index contributed by atoms with van der Waals surface area (Å²) in [6.07, 6.45) is 0.270. The zero-order chi connectivity index (χ0) is 17.4. The van der Waals surface area contributed by atoms with Gasteiger partial charge in [-0.05, 0) is 31.2 Å². The van der Waals surface area contributed by atoms with Crippen molar-refractivity contribution in [1.82, 2.24) is 10.1 Å². The van der Waals surface area contributed by atoms with Crippen LogP contribution in [-0.2, 0) is 4.79 Å². The maximum absolute atomic E-state index is 13.4. The van der Waals surface area contributed by atoms with E-state index >= 15 is 0 Å². The van der Waals surface area contributed by atoms with Crippen molar-refractivity contribution in [3.05, 3.63) is 65.8 Å². The molecule has 4 rings (SSSR count). The zero-order valence-electron chi connectivity index (χ0n) is 13.6. The number of amides is 1. The van der Waals surface area contributed by atoms with Crippen LogP contribution in [0.15, 0.2) is 53.1 Å². The van der Waals surface area contributed by atoms with Gasteiger partial charge in [0.05, 0.1) is 5.92 Å². The predicted octanol–water partition coefficient (Wildman–Crippen LogP) is 3.70. The van der Waals surface area contributed by atoms with E-state index in [1.54, 1.807) is 17.0 Å². The Bertz CT molecular complexity index is 938. The SMILES string of the molecule is Cc1cccc(-c2noc(C3CC(=O)N(c4cccc(F)c4)C3)n2)c1. The topological polar surface area (TPSA) is 59.2 Å². The van der Waals surface area contributed by atoms with Gasteiger partial charge in [0.1, 0.15) is 5.82 Å². The minimum absolute atomic E-state index is 0.0779. The van der Waals surface area contributed by atoms with Gasteiger partial charge in [0.25, 0.3) is 0 Å². The summed E-state index contributed by atoms with van der Waals surface area (Å²) in [5, 5.41) is 4.03. The van der Waals surface area contributed by atoms with Gasteiger partial charge in [0.2, 0.25) is 17.6 Å². The quantitative estimate of drug-likeness (QED) is 0.731. The molecule has 1 aliphatic rings. The second-order valence-corrected chi connectivity index (χ2v) is 6.21. The van der Waals surface area contributed by atoms with Crippen LogP contribution in [-0.4, -0.2) is 22.6 Å². The van der Waals surface area contributed by atoms with E-state index in [0.717, 1.165) is 11.1 Å². The molecule has 3 aromatic rings. The van der Waals surface area contributed by atoms with E-state index in [9.17, 15) is 9.18 Å². The lowest BCUT2D eigenvalue weighted by atomic mass is 10.1. The highest BCUT2D eigenvalue weighted by atomic mass is 19.1. The minimum Gasteiger partial charge on any atom is -0.339 e. The van der Waals surface area contributed by atoms with Gasteiger partial charge in [0.15, 0.2) is 0 Å². The number of benzene rings is 2. The number of hydrogen-bond donors (Lipinski definition) is 0. The summed E-state index contributed by atoms with van der Waals surface area (Å²) in [5.74, 6) is 0.306. The number of hydrogen-bond acceptors (Lipinski definition) is 4. The van der Waals surface area contributed by atoms with Crippen molar-refractivity contribution in [2.75, 3.05) is 11.4 Å². The third-order valence-corrected chi connectivity index (χ3v) is 4.31. The van der Waals surface area contributed by atoms with Crippen LogP contribution >= 0.6 is 0 Å². The second kappa shape index (κ2) is 6.12. The van der Waals surface area contributed by atoms with Gasteiger partial charge < -0.3 is 9.42 Å². The van der Waals surface area contributed by atoms with E-state index in [4.69, 9.17) is 4.52 Å². The molecule has 126 valence electrons. The Hall–Kier alpha value is -3.02. The van der Waals surface area contributed by atoms with Crippen LogP contribution in [0.1, 0.15) is 23.8 Å². The molecule has 0 N–H and O–H groups in total. The van der Waals surface area contributed by atoms with Gasteiger partial charge >= 0.3 is 0 Å². The molecule has 0 saturated carbocycles. The molecule has 5 nitrogen and oxygen atoms in total. The molecule has 0 radical (unpaired) electrons. The lowest BCUT2D eigenvalue weighted by Gasteiger charge is -2.15. The molecule has 2 heterocycles. The van der Waals surface area contributed by atoms with Gasteiger partial charge in [-0.3, -0.25) is 4.79 Å². The van der Waals surface area contributed by atoms with Crippen molar-refractivity contribution in [2.45, 2.75) is 19.3 Å². The van der Waals surface area contributed by atoms with E-state index in [2.05, 4.69) is 10.1 Å². The fourth-order valence-electron chi connectivity index (χ4n) is 3.07. The summed E-state index contributed by atoms with van der Waals surface area (Å²) in [6.45, 7) is 2.40. The van der Waals surface area contributed by atoms with Crippen LogP contribution in [0.3, 0.4) is 0 Å². The van der Waals surface area contributed by atoms with Crippen molar-refractivity contribution in [2.24, 2.45) is 0 Å². The maximum Gasteiger partial charge on any atom is 0.232 e. The summed E-state index contributed by atoms with van der Waals surface area (Å²) < 4.78 is 18.8. The Morgan fingerprint density at radius 1 is 1.20 bits per heavy atom. The standard InChI is InChI=1S/C19H16FN3O2/c1-12-4-2-5-13(8-12)18-21-19(25-22-18)14-9-17(24)23(11-14)16-7-3-6-15(20)10-16/h2-8,10,14H,9,11H2,1H3. The van der Waals surface area contributed by atoms with Crippen molar-refractivity contribution in [3.8, 4) is 11.4 Å². The van der Waals surface area contributed by atoms with Gasteiger partial charge in [0, 0.05) is 24.2 Å². The van der Waals surface area contributed by atoms with E-state index < -0.39 is 0 Å². The Kier molecular flexibility index (Phi) is 3.80. The highest BCUT2D eigenvalue weighted by Crippen LogP contribution is 2.32. The highest BCUT2D eigenvalue weighted by Gasteiger charge is 2.35. The second-order valence-electron chi connectivity index (χ2n) is 6.21. The van der Waals surface area contributed by atoms with Gasteiger partial charge in [-0.2, -0.15) is 4.98 Å². The van der Waals surface area contributed by atoms with E-state index in [-0.39, 0.29) is 24.1 Å². The lowest BCUT2D eigenvalue weighted by Crippen LogP contribution is -2.24. The summed E-state index contributed by atoms with van der Waals surface area (Å²) in [4.78, 5) is 18.3. The van der Waals surface area contributed by atoms with Crippen LogP contribution in [0.25, 0.3) is 11.4 Å². The summed E-state index contributed by atoms with van der Waals surface area (Å²) in [5.41, 5.74) is 2.53. The van der Waals surface area contributed by atoms with Crippen molar-refractivity contribution in [1.29, 1.82) is 0 Å². The average Bonchev–Trinajstić information content (AvgIpc) is 3.21. The number of aryl methyl sites for hydroxylation is 1. The molecular formula is C19H16FN3O2. The monoisotopic (exact) mass is 337 g/mol. The zero-order valence-corrected chi connectivity index (χ0v) is 13.6. The number of rotatable bonds is 3. The Balaban J connectivity index is 1.57. The summed E-state index contributed by atoms with van der Waals surface area (Å²) in [6, 6.07) is 13.8. The molecule has 1 saturated heterocycles. The molecule has 2 aromatic carbocycles.